The maximum absolute atomic E-state index is 11.0. The molecule has 6 nitrogen and oxygen atoms in total. The third-order valence-corrected chi connectivity index (χ3v) is 2.15. The molecule has 1 unspecified atom stereocenters. The first kappa shape index (κ1) is 10.5. The molecule has 0 N–H and O–H groups in total. The smallest absolute Gasteiger partial charge is 0.402 e. The minimum atomic E-state index is -0.952. The summed E-state index contributed by atoms with van der Waals surface area (Å²) in [5.41, 5.74) is 8.94. The van der Waals surface area contributed by atoms with Gasteiger partial charge in [-0.2, -0.15) is 0 Å². The first-order valence-electron chi connectivity index (χ1n) is 4.76. The quantitative estimate of drug-likeness (QED) is 0.338. The molecular weight excluding hydrogens is 210 g/mol. The minimum absolute atomic E-state index is 0.208. The van der Waals surface area contributed by atoms with E-state index in [4.69, 9.17) is 15.0 Å². The number of carbonyl (C=O) groups is 1. The van der Waals surface area contributed by atoms with Crippen molar-refractivity contribution in [3.63, 3.8) is 0 Å². The van der Waals surface area contributed by atoms with E-state index in [1.54, 1.807) is 12.1 Å². The fourth-order valence-electron chi connectivity index (χ4n) is 1.35. The molecule has 2 rings (SSSR count). The number of hydrogen-bond donors (Lipinski definition) is 0. The van der Waals surface area contributed by atoms with Crippen molar-refractivity contribution in [2.24, 2.45) is 5.11 Å². The van der Waals surface area contributed by atoms with Crippen LogP contribution in [0, 0.1) is 0 Å². The number of rotatable bonds is 3. The zero-order chi connectivity index (χ0) is 11.4. The second-order valence-corrected chi connectivity index (χ2v) is 3.32. The van der Waals surface area contributed by atoms with Crippen LogP contribution < -0.4 is 4.74 Å². The third kappa shape index (κ3) is 2.73. The molecular formula is C10H9N3O3. The molecule has 0 bridgehead atoms. The Morgan fingerprint density at radius 2 is 2.38 bits per heavy atom. The van der Waals surface area contributed by atoms with Gasteiger partial charge in [0.05, 0.1) is 12.7 Å². The lowest BCUT2D eigenvalue weighted by atomic mass is 10.1. The summed E-state index contributed by atoms with van der Waals surface area (Å²) in [6, 6.07) is 7.10. The van der Waals surface area contributed by atoms with E-state index in [2.05, 4.69) is 10.0 Å². The second kappa shape index (κ2) is 4.65. The first-order chi connectivity index (χ1) is 7.79. The zero-order valence-electron chi connectivity index (χ0n) is 8.37. The van der Waals surface area contributed by atoms with Crippen molar-refractivity contribution in [3.05, 3.63) is 40.3 Å². The molecule has 0 radical (unpaired) electrons. The van der Waals surface area contributed by atoms with Crippen molar-refractivity contribution in [2.45, 2.75) is 12.5 Å². The molecule has 1 saturated heterocycles. The Hall–Kier alpha value is -2.04. The molecule has 1 aliphatic rings. The van der Waals surface area contributed by atoms with Crippen molar-refractivity contribution in [1.82, 2.24) is 0 Å². The number of nitrogens with zero attached hydrogens (tertiary/aromatic N) is 3. The van der Waals surface area contributed by atoms with Crippen LogP contribution in [0.4, 0.5) is 4.79 Å². The van der Waals surface area contributed by atoms with Crippen LogP contribution in [0.15, 0.2) is 29.4 Å². The largest absolute Gasteiger partial charge is 0.421 e. The summed E-state index contributed by atoms with van der Waals surface area (Å²) in [6.45, 7) is 0.735. The summed E-state index contributed by atoms with van der Waals surface area (Å²) in [5.74, 6) is 0.412. The Morgan fingerprint density at radius 3 is 3.06 bits per heavy atom. The predicted molar refractivity (Wildman–Crippen MR) is 55.1 cm³/mol. The Labute approximate surface area is 91.4 Å². The van der Waals surface area contributed by atoms with E-state index in [-0.39, 0.29) is 6.10 Å². The Bertz CT molecular complexity index is 450. The topological polar surface area (TPSA) is 87.6 Å². The van der Waals surface area contributed by atoms with Gasteiger partial charge in [-0.25, -0.2) is 4.79 Å². The van der Waals surface area contributed by atoms with Crippen LogP contribution in [0.1, 0.15) is 5.56 Å². The van der Waals surface area contributed by atoms with Crippen molar-refractivity contribution in [3.8, 4) is 5.75 Å². The molecule has 0 spiro atoms. The van der Waals surface area contributed by atoms with E-state index in [0.29, 0.717) is 12.2 Å². The molecule has 82 valence electrons. The van der Waals surface area contributed by atoms with Crippen LogP contribution in [-0.4, -0.2) is 18.8 Å². The molecule has 0 aliphatic carbocycles. The Balaban J connectivity index is 2.11. The van der Waals surface area contributed by atoms with Gasteiger partial charge in [-0.05, 0) is 17.2 Å². The second-order valence-electron chi connectivity index (χ2n) is 3.32. The summed E-state index contributed by atoms with van der Waals surface area (Å²) in [5, 5.41) is 2.84. The van der Waals surface area contributed by atoms with Gasteiger partial charge >= 0.3 is 6.09 Å². The average Bonchev–Trinajstić information content (AvgIpc) is 3.05. The predicted octanol–water partition coefficient (Wildman–Crippen LogP) is 2.44. The summed E-state index contributed by atoms with van der Waals surface area (Å²) in [7, 11) is 0. The number of epoxide rings is 1. The summed E-state index contributed by atoms with van der Waals surface area (Å²) >= 11 is 0. The fraction of sp³-hybridized carbons (Fsp3) is 0.300. The first-order valence-corrected chi connectivity index (χ1v) is 4.76. The molecule has 6 heteroatoms. The van der Waals surface area contributed by atoms with Gasteiger partial charge in [-0.15, -0.1) is 0 Å². The lowest BCUT2D eigenvalue weighted by Gasteiger charge is -2.06. The highest BCUT2D eigenvalue weighted by Gasteiger charge is 2.24. The minimum Gasteiger partial charge on any atom is -0.421 e. The molecule has 1 aliphatic heterocycles. The number of amides is 1. The molecule has 0 aromatic heterocycles. The molecule has 1 heterocycles. The van der Waals surface area contributed by atoms with E-state index in [9.17, 15) is 4.79 Å². The van der Waals surface area contributed by atoms with Crippen LogP contribution in [0.3, 0.4) is 0 Å². The van der Waals surface area contributed by atoms with E-state index in [1.807, 2.05) is 12.1 Å². The number of hydrogen-bond acceptors (Lipinski definition) is 3. The summed E-state index contributed by atoms with van der Waals surface area (Å²) in [4.78, 5) is 13.4. The molecule has 1 atom stereocenters. The maximum atomic E-state index is 11.0. The number of benzene rings is 1. The molecule has 16 heavy (non-hydrogen) atoms. The van der Waals surface area contributed by atoms with E-state index in [0.717, 1.165) is 12.2 Å². The number of ether oxygens (including phenoxy) is 2. The standard InChI is InChI=1S/C10H9N3O3/c11-13-12-10(14)16-9-4-2-1-3-7(9)5-8-6-15-8/h1-4,8H,5-6H2. The summed E-state index contributed by atoms with van der Waals surface area (Å²) < 4.78 is 10.00. The highest BCUT2D eigenvalue weighted by Crippen LogP contribution is 2.24. The normalized spacial score (nSPS) is 17.4. The Morgan fingerprint density at radius 1 is 1.62 bits per heavy atom. The molecule has 1 fully saturated rings. The molecule has 1 aromatic rings. The highest BCUT2D eigenvalue weighted by molar-refractivity contribution is 5.71. The average molecular weight is 219 g/mol. The van der Waals surface area contributed by atoms with Crippen LogP contribution >= 0.6 is 0 Å². The summed E-state index contributed by atoms with van der Waals surface area (Å²) in [6.07, 6.45) is -0.0503. The monoisotopic (exact) mass is 219 g/mol. The van der Waals surface area contributed by atoms with Gasteiger partial charge in [-0.1, -0.05) is 18.2 Å². The van der Waals surface area contributed by atoms with Crippen LogP contribution in [0.5, 0.6) is 5.75 Å². The molecule has 1 aromatic carbocycles. The van der Waals surface area contributed by atoms with E-state index >= 15 is 0 Å². The van der Waals surface area contributed by atoms with Crippen LogP contribution in [-0.2, 0) is 11.2 Å². The lowest BCUT2D eigenvalue weighted by molar-refractivity contribution is 0.210. The van der Waals surface area contributed by atoms with E-state index < -0.39 is 6.09 Å². The van der Waals surface area contributed by atoms with Crippen LogP contribution in [0.2, 0.25) is 0 Å². The highest BCUT2D eigenvalue weighted by atomic mass is 16.6. The number of azide groups is 1. The van der Waals surface area contributed by atoms with Gasteiger partial charge in [0.2, 0.25) is 0 Å². The molecule has 1 amide bonds. The Kier molecular flexibility index (Phi) is 3.05. The zero-order valence-corrected chi connectivity index (χ0v) is 8.37. The fourth-order valence-corrected chi connectivity index (χ4v) is 1.35. The number of para-hydroxylation sites is 1. The third-order valence-electron chi connectivity index (χ3n) is 2.15. The van der Waals surface area contributed by atoms with Gasteiger partial charge < -0.3 is 9.47 Å². The maximum Gasteiger partial charge on any atom is 0.402 e. The molecule has 0 saturated carbocycles. The van der Waals surface area contributed by atoms with Crippen molar-refractivity contribution in [1.29, 1.82) is 0 Å². The lowest BCUT2D eigenvalue weighted by Crippen LogP contribution is -2.04. The van der Waals surface area contributed by atoms with Gasteiger partial charge in [0.25, 0.3) is 0 Å². The van der Waals surface area contributed by atoms with Gasteiger partial charge in [-0.3, -0.25) is 0 Å². The van der Waals surface area contributed by atoms with Crippen molar-refractivity contribution < 1.29 is 14.3 Å². The van der Waals surface area contributed by atoms with Gasteiger partial charge in [0, 0.05) is 16.4 Å². The van der Waals surface area contributed by atoms with Gasteiger partial charge in [0.1, 0.15) is 5.75 Å². The van der Waals surface area contributed by atoms with Crippen molar-refractivity contribution >= 4 is 6.09 Å². The van der Waals surface area contributed by atoms with Gasteiger partial charge in [0.15, 0.2) is 0 Å². The number of carbonyl (C=O) groups excluding carboxylic acids is 1. The van der Waals surface area contributed by atoms with Crippen LogP contribution in [0.25, 0.3) is 10.4 Å². The van der Waals surface area contributed by atoms with Crippen molar-refractivity contribution in [2.75, 3.05) is 6.61 Å². The SMILES string of the molecule is [N-]=[N+]=NC(=O)Oc1ccccc1CC1CO1. The van der Waals surface area contributed by atoms with E-state index in [1.165, 1.54) is 0 Å².